The lowest BCUT2D eigenvalue weighted by Crippen LogP contribution is -2.44. The van der Waals surface area contributed by atoms with Crippen molar-refractivity contribution in [2.45, 2.75) is 30.1 Å². The van der Waals surface area contributed by atoms with E-state index in [1.54, 1.807) is 12.1 Å². The van der Waals surface area contributed by atoms with Gasteiger partial charge in [-0.2, -0.15) is 5.26 Å². The van der Waals surface area contributed by atoms with Gasteiger partial charge in [-0.05, 0) is 49.2 Å². The second-order valence-electron chi connectivity index (χ2n) is 6.56. The van der Waals surface area contributed by atoms with E-state index in [0.717, 1.165) is 17.8 Å². The fourth-order valence-electron chi connectivity index (χ4n) is 3.13. The molecule has 0 radical (unpaired) electrons. The topological polar surface area (TPSA) is 82.4 Å². The summed E-state index contributed by atoms with van der Waals surface area (Å²) in [6.45, 7) is 1.21. The molecule has 1 heterocycles. The van der Waals surface area contributed by atoms with Crippen LogP contribution >= 0.6 is 0 Å². The lowest BCUT2D eigenvalue weighted by molar-refractivity contribution is -0.274. The average molecular weight is 425 g/mol. The van der Waals surface area contributed by atoms with Crippen molar-refractivity contribution in [3.63, 3.8) is 0 Å². The summed E-state index contributed by atoms with van der Waals surface area (Å²) < 4.78 is 68.5. The van der Waals surface area contributed by atoms with Crippen LogP contribution in [0, 0.1) is 11.3 Å². The number of rotatable bonds is 5. The molecule has 1 aliphatic rings. The molecule has 0 amide bonds. The van der Waals surface area contributed by atoms with Crippen LogP contribution in [-0.4, -0.2) is 33.9 Å². The molecule has 0 unspecified atom stereocenters. The summed E-state index contributed by atoms with van der Waals surface area (Å²) in [6.07, 6.45) is -3.82. The Bertz CT molecular complexity index is 994. The number of anilines is 1. The smallest absolute Gasteiger partial charge is 0.406 e. The predicted octanol–water partition coefficient (Wildman–Crippen LogP) is 3.40. The number of nitrogens with one attached hydrogen (secondary N) is 1. The molecule has 3 rings (SSSR count). The highest BCUT2D eigenvalue weighted by Crippen LogP contribution is 2.26. The summed E-state index contributed by atoms with van der Waals surface area (Å²) in [6, 6.07) is 13.2. The number of nitrogens with zero attached hydrogens (tertiary/aromatic N) is 2. The lowest BCUT2D eigenvalue weighted by atomic mass is 10.1. The van der Waals surface area contributed by atoms with E-state index in [4.69, 9.17) is 5.26 Å². The van der Waals surface area contributed by atoms with E-state index < -0.39 is 22.1 Å². The van der Waals surface area contributed by atoms with Gasteiger partial charge < -0.3 is 9.64 Å². The molecule has 0 saturated carbocycles. The second-order valence-corrected chi connectivity index (χ2v) is 8.28. The normalized spacial score (nSPS) is 15.7. The van der Waals surface area contributed by atoms with Gasteiger partial charge in [0.05, 0.1) is 16.5 Å². The third-order valence-electron chi connectivity index (χ3n) is 4.53. The summed E-state index contributed by atoms with van der Waals surface area (Å²) in [5.74, 6) is -0.587. The van der Waals surface area contributed by atoms with Crippen molar-refractivity contribution in [2.24, 2.45) is 0 Å². The number of hydrogen-bond donors (Lipinski definition) is 1. The molecule has 6 nitrogen and oxygen atoms in total. The van der Waals surface area contributed by atoms with Crippen LogP contribution in [0.25, 0.3) is 0 Å². The van der Waals surface area contributed by atoms with Crippen LogP contribution in [0.15, 0.2) is 53.4 Å². The third kappa shape index (κ3) is 5.62. The maximum Gasteiger partial charge on any atom is 0.573 e. The van der Waals surface area contributed by atoms with Gasteiger partial charge in [-0.3, -0.25) is 0 Å². The first kappa shape index (κ1) is 21.0. The van der Waals surface area contributed by atoms with Gasteiger partial charge in [0.25, 0.3) is 0 Å². The fraction of sp³-hybridized carbons (Fsp3) is 0.316. The maximum absolute atomic E-state index is 12.5. The first-order chi connectivity index (χ1) is 13.7. The van der Waals surface area contributed by atoms with E-state index in [0.29, 0.717) is 31.5 Å². The molecule has 2 aromatic carbocycles. The molecule has 29 heavy (non-hydrogen) atoms. The van der Waals surface area contributed by atoms with Crippen LogP contribution in [0.4, 0.5) is 18.9 Å². The van der Waals surface area contributed by atoms with E-state index in [1.807, 2.05) is 12.1 Å². The quantitative estimate of drug-likeness (QED) is 0.794. The summed E-state index contributed by atoms with van der Waals surface area (Å²) in [4.78, 5) is 1.80. The van der Waals surface area contributed by atoms with Crippen LogP contribution in [0.1, 0.15) is 18.4 Å². The van der Waals surface area contributed by atoms with Crippen LogP contribution in [0.3, 0.4) is 0 Å². The molecule has 0 aliphatic carbocycles. The van der Waals surface area contributed by atoms with Crippen molar-refractivity contribution in [3.05, 3.63) is 54.1 Å². The minimum absolute atomic E-state index is 0.284. The summed E-state index contributed by atoms with van der Waals surface area (Å²) in [5.41, 5.74) is 1.51. The van der Waals surface area contributed by atoms with E-state index in [-0.39, 0.29) is 10.9 Å². The Hall–Kier alpha value is -2.77. The number of ether oxygens (including phenoxy) is 1. The van der Waals surface area contributed by atoms with Gasteiger partial charge >= 0.3 is 6.36 Å². The molecule has 10 heteroatoms. The van der Waals surface area contributed by atoms with Gasteiger partial charge in [0.1, 0.15) is 5.75 Å². The average Bonchev–Trinajstić information content (AvgIpc) is 2.67. The molecule has 0 bridgehead atoms. The highest BCUT2D eigenvalue weighted by Gasteiger charge is 2.32. The molecule has 1 saturated heterocycles. The van der Waals surface area contributed by atoms with Gasteiger partial charge in [-0.15, -0.1) is 13.2 Å². The first-order valence-electron chi connectivity index (χ1n) is 8.79. The Morgan fingerprint density at radius 3 is 2.34 bits per heavy atom. The van der Waals surface area contributed by atoms with Crippen molar-refractivity contribution < 1.29 is 26.3 Å². The highest BCUT2D eigenvalue weighted by atomic mass is 32.2. The van der Waals surface area contributed by atoms with Gasteiger partial charge in [0.2, 0.25) is 10.0 Å². The number of alkyl halides is 3. The molecule has 0 atom stereocenters. The minimum atomic E-state index is -4.89. The Balaban J connectivity index is 1.62. The van der Waals surface area contributed by atoms with Crippen LogP contribution in [0.2, 0.25) is 0 Å². The molecule has 0 spiro atoms. The lowest BCUT2D eigenvalue weighted by Gasteiger charge is -2.33. The van der Waals surface area contributed by atoms with E-state index in [2.05, 4.69) is 20.4 Å². The van der Waals surface area contributed by atoms with Crippen LogP contribution in [0.5, 0.6) is 5.75 Å². The Morgan fingerprint density at radius 1 is 1.10 bits per heavy atom. The van der Waals surface area contributed by atoms with Crippen molar-refractivity contribution in [1.29, 1.82) is 5.26 Å². The molecule has 2 aromatic rings. The predicted molar refractivity (Wildman–Crippen MR) is 99.8 cm³/mol. The maximum atomic E-state index is 12.5. The van der Waals surface area contributed by atoms with E-state index in [1.165, 1.54) is 12.1 Å². The second kappa shape index (κ2) is 8.31. The Kier molecular flexibility index (Phi) is 6.00. The molecule has 1 aliphatic heterocycles. The highest BCUT2D eigenvalue weighted by molar-refractivity contribution is 7.89. The Labute approximate surface area is 166 Å². The van der Waals surface area contributed by atoms with Crippen molar-refractivity contribution in [3.8, 4) is 11.8 Å². The third-order valence-corrected chi connectivity index (χ3v) is 6.05. The van der Waals surface area contributed by atoms with Crippen LogP contribution < -0.4 is 14.4 Å². The van der Waals surface area contributed by atoms with E-state index >= 15 is 0 Å². The summed E-state index contributed by atoms with van der Waals surface area (Å²) in [7, 11) is -3.98. The van der Waals surface area contributed by atoms with E-state index in [9.17, 15) is 21.6 Å². The number of piperidine rings is 1. The number of nitriles is 1. The van der Waals surface area contributed by atoms with Crippen molar-refractivity contribution in [2.75, 3.05) is 18.0 Å². The number of halogens is 3. The molecular weight excluding hydrogens is 407 g/mol. The molecule has 154 valence electrons. The zero-order valence-corrected chi connectivity index (χ0v) is 16.0. The van der Waals surface area contributed by atoms with Gasteiger partial charge in [-0.25, -0.2) is 13.1 Å². The van der Waals surface area contributed by atoms with Crippen molar-refractivity contribution in [1.82, 2.24) is 4.72 Å². The molecule has 1 fully saturated rings. The van der Waals surface area contributed by atoms with Crippen LogP contribution in [-0.2, 0) is 10.0 Å². The first-order valence-corrected chi connectivity index (χ1v) is 10.3. The number of hydrogen-bond acceptors (Lipinski definition) is 5. The standard InChI is InChI=1S/C19H18F3N3O3S/c20-19(21,22)28-17-2-1-3-18(12-17)29(26,27)24-15-8-10-25(11-9-15)16-6-4-14(13-23)5-7-16/h1-7,12,15,24H,8-11H2. The summed E-state index contributed by atoms with van der Waals surface area (Å²) >= 11 is 0. The monoisotopic (exact) mass is 425 g/mol. The largest absolute Gasteiger partial charge is 0.573 e. The molecule has 0 aromatic heterocycles. The summed E-state index contributed by atoms with van der Waals surface area (Å²) in [5, 5.41) is 8.86. The zero-order valence-electron chi connectivity index (χ0n) is 15.2. The Morgan fingerprint density at radius 2 is 1.76 bits per heavy atom. The van der Waals surface area contributed by atoms with Gasteiger partial charge in [0.15, 0.2) is 0 Å². The number of sulfonamides is 1. The fourth-order valence-corrected chi connectivity index (χ4v) is 4.47. The zero-order chi connectivity index (χ0) is 21.1. The van der Waals surface area contributed by atoms with Gasteiger partial charge in [0, 0.05) is 30.9 Å². The SMILES string of the molecule is N#Cc1ccc(N2CCC(NS(=O)(=O)c3cccc(OC(F)(F)F)c3)CC2)cc1. The molecular formula is C19H18F3N3O3S. The van der Waals surface area contributed by atoms with Gasteiger partial charge in [-0.1, -0.05) is 6.07 Å². The molecule has 1 N–H and O–H groups in total. The number of benzene rings is 2. The minimum Gasteiger partial charge on any atom is -0.406 e. The van der Waals surface area contributed by atoms with Crippen molar-refractivity contribution >= 4 is 15.7 Å².